The topological polar surface area (TPSA) is 119 Å². The Labute approximate surface area is 238 Å². The van der Waals surface area contributed by atoms with E-state index in [1.165, 1.54) is 25.7 Å². The zero-order chi connectivity index (χ0) is 29.0. The average Bonchev–Trinajstić information content (AvgIpc) is 2.91. The van der Waals surface area contributed by atoms with Crippen LogP contribution in [0.1, 0.15) is 142 Å². The molecule has 1 amide bonds. The molecule has 0 radical (unpaired) electrons. The van der Waals surface area contributed by atoms with E-state index in [9.17, 15) is 19.5 Å². The number of carbonyl (C=O) groups excluding carboxylic acids is 2. The highest BCUT2D eigenvalue weighted by molar-refractivity contribution is 5.83. The van der Waals surface area contributed by atoms with E-state index in [1.807, 2.05) is 6.08 Å². The molecule has 0 fully saturated rings. The summed E-state index contributed by atoms with van der Waals surface area (Å²) in [4.78, 5) is 35.8. The van der Waals surface area contributed by atoms with Gasteiger partial charge >= 0.3 is 11.9 Å². The SMILES string of the molecule is CCC/C=C\CCCCCCCC(=O)OC(/C=C\CCCC)CCCCCCC(=O)NC(CCCN)C(=O)O. The van der Waals surface area contributed by atoms with E-state index in [-0.39, 0.29) is 18.0 Å². The fourth-order valence-electron chi connectivity index (χ4n) is 4.29. The van der Waals surface area contributed by atoms with E-state index in [0.29, 0.717) is 38.6 Å². The first kappa shape index (κ1) is 36.8. The standard InChI is InChI=1S/C32H58N2O5/c1-3-5-7-9-10-11-12-13-14-20-26-31(36)39-28(22-17-8-6-4-2)23-18-15-16-19-25-30(35)34-29(32(37)38)24-21-27-33/h7,9,17,22,28-29H,3-6,8,10-16,18-21,23-27,33H2,1-2H3,(H,34,35)(H,37,38)/b9-7-,22-17-. The van der Waals surface area contributed by atoms with Crippen LogP contribution in [0.5, 0.6) is 0 Å². The zero-order valence-corrected chi connectivity index (χ0v) is 25.0. The number of carboxylic acid groups (broad SMARTS) is 1. The highest BCUT2D eigenvalue weighted by Crippen LogP contribution is 2.14. The molecule has 4 N–H and O–H groups in total. The van der Waals surface area contributed by atoms with Crippen LogP contribution >= 0.6 is 0 Å². The molecule has 0 rings (SSSR count). The highest BCUT2D eigenvalue weighted by atomic mass is 16.5. The van der Waals surface area contributed by atoms with Crippen molar-refractivity contribution >= 4 is 17.8 Å². The number of esters is 1. The van der Waals surface area contributed by atoms with Gasteiger partial charge in [0.25, 0.3) is 0 Å². The summed E-state index contributed by atoms with van der Waals surface area (Å²) in [6, 6.07) is -0.867. The highest BCUT2D eigenvalue weighted by Gasteiger charge is 2.18. The van der Waals surface area contributed by atoms with Gasteiger partial charge in [0, 0.05) is 12.8 Å². The van der Waals surface area contributed by atoms with Gasteiger partial charge < -0.3 is 20.9 Å². The van der Waals surface area contributed by atoms with Crippen molar-refractivity contribution in [1.29, 1.82) is 0 Å². The Morgan fingerprint density at radius 1 is 0.744 bits per heavy atom. The third-order valence-corrected chi connectivity index (χ3v) is 6.70. The molecule has 0 aromatic rings. The molecule has 0 heterocycles. The molecule has 0 aromatic carbocycles. The summed E-state index contributed by atoms with van der Waals surface area (Å²) in [5, 5.41) is 11.8. The quantitative estimate of drug-likeness (QED) is 0.0558. The largest absolute Gasteiger partial charge is 0.480 e. The van der Waals surface area contributed by atoms with Crippen LogP contribution in [-0.2, 0) is 19.1 Å². The van der Waals surface area contributed by atoms with Crippen LogP contribution in [0, 0.1) is 0 Å². The third-order valence-electron chi connectivity index (χ3n) is 6.70. The van der Waals surface area contributed by atoms with Crippen molar-refractivity contribution in [2.24, 2.45) is 5.73 Å². The van der Waals surface area contributed by atoms with Gasteiger partial charge in [-0.15, -0.1) is 0 Å². The summed E-state index contributed by atoms with van der Waals surface area (Å²) in [6.07, 6.45) is 26.8. The van der Waals surface area contributed by atoms with Crippen molar-refractivity contribution in [3.63, 3.8) is 0 Å². The molecule has 0 aliphatic heterocycles. The molecule has 0 saturated heterocycles. The van der Waals surface area contributed by atoms with Gasteiger partial charge in [-0.3, -0.25) is 9.59 Å². The second-order valence-corrected chi connectivity index (χ2v) is 10.5. The molecule has 0 bridgehead atoms. The molecule has 7 nitrogen and oxygen atoms in total. The van der Waals surface area contributed by atoms with Gasteiger partial charge in [-0.2, -0.15) is 0 Å². The molecule has 0 aliphatic carbocycles. The first-order valence-electron chi connectivity index (χ1n) is 15.7. The molecule has 7 heteroatoms. The minimum absolute atomic E-state index is 0.109. The van der Waals surface area contributed by atoms with Crippen LogP contribution in [0.25, 0.3) is 0 Å². The van der Waals surface area contributed by atoms with Gasteiger partial charge in [-0.05, 0) is 76.8 Å². The van der Waals surface area contributed by atoms with Crippen molar-refractivity contribution in [1.82, 2.24) is 5.32 Å². The van der Waals surface area contributed by atoms with E-state index in [0.717, 1.165) is 70.6 Å². The molecule has 39 heavy (non-hydrogen) atoms. The van der Waals surface area contributed by atoms with Gasteiger partial charge in [0.05, 0.1) is 0 Å². The number of nitrogens with two attached hydrogens (primary N) is 1. The third kappa shape index (κ3) is 24.6. The van der Waals surface area contributed by atoms with Crippen LogP contribution in [0.2, 0.25) is 0 Å². The number of amides is 1. The number of hydrogen-bond acceptors (Lipinski definition) is 5. The number of hydrogen-bond donors (Lipinski definition) is 3. The maximum atomic E-state index is 12.4. The summed E-state index contributed by atoms with van der Waals surface area (Å²) in [7, 11) is 0. The maximum absolute atomic E-state index is 12.4. The molecule has 2 unspecified atom stereocenters. The monoisotopic (exact) mass is 550 g/mol. The van der Waals surface area contributed by atoms with Gasteiger partial charge in [0.1, 0.15) is 12.1 Å². The maximum Gasteiger partial charge on any atom is 0.326 e. The lowest BCUT2D eigenvalue weighted by atomic mass is 10.1. The smallest absolute Gasteiger partial charge is 0.326 e. The first-order valence-corrected chi connectivity index (χ1v) is 15.7. The van der Waals surface area contributed by atoms with Gasteiger partial charge in [0.2, 0.25) is 5.91 Å². The lowest BCUT2D eigenvalue weighted by Gasteiger charge is -2.15. The van der Waals surface area contributed by atoms with Crippen LogP contribution in [0.15, 0.2) is 24.3 Å². The Hall–Kier alpha value is -2.15. The molecule has 2 atom stereocenters. The van der Waals surface area contributed by atoms with Gasteiger partial charge in [0.15, 0.2) is 0 Å². The minimum Gasteiger partial charge on any atom is -0.480 e. The van der Waals surface area contributed by atoms with Crippen molar-refractivity contribution in [3.8, 4) is 0 Å². The van der Waals surface area contributed by atoms with E-state index >= 15 is 0 Å². The summed E-state index contributed by atoms with van der Waals surface area (Å²) in [5.41, 5.74) is 5.44. The first-order chi connectivity index (χ1) is 18.9. The van der Waals surface area contributed by atoms with Crippen molar-refractivity contribution in [3.05, 3.63) is 24.3 Å². The Morgan fingerprint density at radius 2 is 1.38 bits per heavy atom. The molecule has 0 aliphatic rings. The summed E-state index contributed by atoms with van der Waals surface area (Å²) in [6.45, 7) is 4.76. The lowest BCUT2D eigenvalue weighted by Crippen LogP contribution is -2.40. The van der Waals surface area contributed by atoms with Crippen LogP contribution in [0.4, 0.5) is 0 Å². The average molecular weight is 551 g/mol. The molecule has 0 aromatic heterocycles. The second-order valence-electron chi connectivity index (χ2n) is 10.5. The normalized spacial score (nSPS) is 13.1. The lowest BCUT2D eigenvalue weighted by molar-refractivity contribution is -0.147. The number of rotatable bonds is 27. The predicted octanol–water partition coefficient (Wildman–Crippen LogP) is 7.38. The number of carbonyl (C=O) groups is 3. The van der Waals surface area contributed by atoms with Crippen LogP contribution in [-0.4, -0.2) is 41.6 Å². The number of unbranched alkanes of at least 4 members (excludes halogenated alkanes) is 11. The fraction of sp³-hybridized carbons (Fsp3) is 0.781. The molecule has 0 spiro atoms. The number of nitrogens with one attached hydrogen (secondary N) is 1. The van der Waals surface area contributed by atoms with Crippen LogP contribution < -0.4 is 11.1 Å². The Morgan fingerprint density at radius 3 is 2.08 bits per heavy atom. The van der Waals surface area contributed by atoms with E-state index in [2.05, 4.69) is 37.4 Å². The van der Waals surface area contributed by atoms with Crippen molar-refractivity contribution < 1.29 is 24.2 Å². The van der Waals surface area contributed by atoms with E-state index < -0.39 is 12.0 Å². The second kappa shape index (κ2) is 27.4. The Balaban J connectivity index is 4.20. The Bertz CT molecular complexity index is 677. The fourth-order valence-corrected chi connectivity index (χ4v) is 4.29. The summed E-state index contributed by atoms with van der Waals surface area (Å²) < 4.78 is 5.79. The number of ether oxygens (including phenoxy) is 1. The number of aliphatic carboxylic acids is 1. The van der Waals surface area contributed by atoms with Crippen molar-refractivity contribution in [2.75, 3.05) is 6.54 Å². The van der Waals surface area contributed by atoms with Crippen molar-refractivity contribution in [2.45, 2.75) is 154 Å². The number of allylic oxidation sites excluding steroid dienone is 3. The van der Waals surface area contributed by atoms with E-state index in [1.54, 1.807) is 0 Å². The van der Waals surface area contributed by atoms with Gasteiger partial charge in [-0.1, -0.05) is 83.4 Å². The van der Waals surface area contributed by atoms with Crippen LogP contribution in [0.3, 0.4) is 0 Å². The molecule has 0 saturated carbocycles. The molecular formula is C32H58N2O5. The summed E-state index contributed by atoms with van der Waals surface area (Å²) in [5.74, 6) is -1.36. The number of carboxylic acids is 1. The molecular weight excluding hydrogens is 492 g/mol. The molecule has 226 valence electrons. The van der Waals surface area contributed by atoms with E-state index in [4.69, 9.17) is 10.5 Å². The predicted molar refractivity (Wildman–Crippen MR) is 160 cm³/mol. The zero-order valence-electron chi connectivity index (χ0n) is 25.0. The minimum atomic E-state index is -1.02. The summed E-state index contributed by atoms with van der Waals surface area (Å²) >= 11 is 0. The Kier molecular flexibility index (Phi) is 25.9. The van der Waals surface area contributed by atoms with Gasteiger partial charge in [-0.25, -0.2) is 4.79 Å².